The molecule has 0 aliphatic rings. The molecular weight excluding hydrogens is 384 g/mol. The van der Waals surface area contributed by atoms with E-state index in [0.717, 1.165) is 44.7 Å². The molecular formula is C22H22N4O2S. The molecule has 7 heteroatoms. The van der Waals surface area contributed by atoms with E-state index in [0.29, 0.717) is 5.16 Å². The van der Waals surface area contributed by atoms with Crippen LogP contribution in [0.4, 0.5) is 5.69 Å². The third-order valence-corrected chi connectivity index (χ3v) is 6.01. The first kappa shape index (κ1) is 19.3. The van der Waals surface area contributed by atoms with Crippen LogP contribution in [0, 0.1) is 20.8 Å². The lowest BCUT2D eigenvalue weighted by Gasteiger charge is -2.11. The van der Waals surface area contributed by atoms with Crippen LogP contribution in [0.1, 0.15) is 16.7 Å². The minimum Gasteiger partial charge on any atom is -0.497 e. The van der Waals surface area contributed by atoms with E-state index in [1.54, 1.807) is 7.11 Å². The second-order valence-corrected chi connectivity index (χ2v) is 7.91. The van der Waals surface area contributed by atoms with Crippen molar-refractivity contribution in [1.82, 2.24) is 14.6 Å². The number of aromatic nitrogens is 3. The van der Waals surface area contributed by atoms with Crippen molar-refractivity contribution in [2.75, 3.05) is 18.2 Å². The van der Waals surface area contributed by atoms with Crippen molar-refractivity contribution in [3.05, 3.63) is 59.2 Å². The molecule has 0 saturated carbocycles. The van der Waals surface area contributed by atoms with Crippen molar-refractivity contribution in [3.63, 3.8) is 0 Å². The summed E-state index contributed by atoms with van der Waals surface area (Å²) in [5.41, 5.74) is 5.89. The van der Waals surface area contributed by atoms with Crippen molar-refractivity contribution in [3.8, 4) is 5.75 Å². The van der Waals surface area contributed by atoms with Gasteiger partial charge in [-0.05, 0) is 61.7 Å². The third-order valence-electron chi connectivity index (χ3n) is 5.09. The standard InChI is InChI=1S/C22H22N4O2S/c1-13-6-5-7-18(15(13)3)23-21(27)12-29-22-25-24-20-10-14(2)17-9-8-16(28-4)11-19(17)26(20)22/h5-11H,12H2,1-4H3,(H,23,27). The van der Waals surface area contributed by atoms with Crippen LogP contribution < -0.4 is 10.1 Å². The van der Waals surface area contributed by atoms with Crippen LogP contribution in [0.25, 0.3) is 16.6 Å². The number of carbonyl (C=O) groups is 1. The molecule has 0 atom stereocenters. The van der Waals surface area contributed by atoms with Gasteiger partial charge in [-0.3, -0.25) is 9.20 Å². The molecule has 0 radical (unpaired) electrons. The highest BCUT2D eigenvalue weighted by molar-refractivity contribution is 7.99. The Labute approximate surface area is 173 Å². The van der Waals surface area contributed by atoms with Crippen molar-refractivity contribution >= 4 is 39.9 Å². The fraction of sp³-hybridized carbons (Fsp3) is 0.227. The van der Waals surface area contributed by atoms with Crippen molar-refractivity contribution in [2.45, 2.75) is 25.9 Å². The Morgan fingerprint density at radius 1 is 1.10 bits per heavy atom. The summed E-state index contributed by atoms with van der Waals surface area (Å²) in [6, 6.07) is 13.8. The summed E-state index contributed by atoms with van der Waals surface area (Å²) < 4.78 is 7.36. The lowest BCUT2D eigenvalue weighted by molar-refractivity contribution is -0.113. The monoisotopic (exact) mass is 406 g/mol. The highest BCUT2D eigenvalue weighted by atomic mass is 32.2. The molecule has 0 aliphatic carbocycles. The Morgan fingerprint density at radius 2 is 1.93 bits per heavy atom. The van der Waals surface area contributed by atoms with Crippen LogP contribution in [0.3, 0.4) is 0 Å². The van der Waals surface area contributed by atoms with Gasteiger partial charge in [0.25, 0.3) is 0 Å². The SMILES string of the molecule is COc1ccc2c(C)cc3nnc(SCC(=O)Nc4cccc(C)c4C)n3c2c1. The maximum Gasteiger partial charge on any atom is 0.234 e. The molecule has 0 spiro atoms. The Balaban J connectivity index is 1.62. The largest absolute Gasteiger partial charge is 0.497 e. The minimum absolute atomic E-state index is 0.0746. The number of rotatable bonds is 5. The van der Waals surface area contributed by atoms with Gasteiger partial charge in [0.05, 0.1) is 18.4 Å². The first-order valence-corrected chi connectivity index (χ1v) is 10.3. The number of anilines is 1. The minimum atomic E-state index is -0.0746. The second-order valence-electron chi connectivity index (χ2n) is 6.97. The van der Waals surface area contributed by atoms with Gasteiger partial charge in [0.2, 0.25) is 5.91 Å². The van der Waals surface area contributed by atoms with Gasteiger partial charge in [0, 0.05) is 17.1 Å². The summed E-state index contributed by atoms with van der Waals surface area (Å²) in [6.07, 6.45) is 0. The van der Waals surface area contributed by atoms with Crippen molar-refractivity contribution < 1.29 is 9.53 Å². The van der Waals surface area contributed by atoms with Crippen LogP contribution in [-0.2, 0) is 4.79 Å². The van der Waals surface area contributed by atoms with Gasteiger partial charge in [-0.1, -0.05) is 23.9 Å². The summed E-state index contributed by atoms with van der Waals surface area (Å²) in [5.74, 6) is 0.934. The molecule has 4 rings (SSSR count). The number of fused-ring (bicyclic) bond motifs is 3. The summed E-state index contributed by atoms with van der Waals surface area (Å²) in [7, 11) is 1.65. The number of benzene rings is 2. The van der Waals surface area contributed by atoms with Crippen molar-refractivity contribution in [1.29, 1.82) is 0 Å². The molecule has 0 bridgehead atoms. The average molecular weight is 407 g/mol. The van der Waals surface area contributed by atoms with Crippen LogP contribution in [-0.4, -0.2) is 33.4 Å². The van der Waals surface area contributed by atoms with Crippen molar-refractivity contribution in [2.24, 2.45) is 0 Å². The molecule has 2 heterocycles. The summed E-state index contributed by atoms with van der Waals surface area (Å²) in [5, 5.41) is 13.4. The quantitative estimate of drug-likeness (QED) is 0.493. The number of thioether (sulfide) groups is 1. The van der Waals surface area contributed by atoms with E-state index in [9.17, 15) is 4.79 Å². The zero-order chi connectivity index (χ0) is 20.5. The van der Waals surface area contributed by atoms with E-state index in [1.807, 2.05) is 67.6 Å². The smallest absolute Gasteiger partial charge is 0.234 e. The Kier molecular flexibility index (Phi) is 5.15. The predicted octanol–water partition coefficient (Wildman–Crippen LogP) is 4.55. The highest BCUT2D eigenvalue weighted by Gasteiger charge is 2.14. The molecule has 4 aromatic rings. The maximum absolute atomic E-state index is 12.5. The fourth-order valence-corrected chi connectivity index (χ4v) is 4.08. The predicted molar refractivity (Wildman–Crippen MR) is 117 cm³/mol. The van der Waals surface area contributed by atoms with Crippen LogP contribution in [0.2, 0.25) is 0 Å². The topological polar surface area (TPSA) is 68.5 Å². The number of carbonyl (C=O) groups excluding carboxylic acids is 1. The van der Waals surface area contributed by atoms with Gasteiger partial charge < -0.3 is 10.1 Å². The molecule has 2 aromatic carbocycles. The molecule has 0 saturated heterocycles. The molecule has 1 N–H and O–H groups in total. The second kappa shape index (κ2) is 7.75. The maximum atomic E-state index is 12.5. The molecule has 6 nitrogen and oxygen atoms in total. The Morgan fingerprint density at radius 3 is 2.72 bits per heavy atom. The van der Waals surface area contributed by atoms with Gasteiger partial charge in [-0.15, -0.1) is 10.2 Å². The number of nitrogens with zero attached hydrogens (tertiary/aromatic N) is 3. The molecule has 0 fully saturated rings. The molecule has 1 amide bonds. The lowest BCUT2D eigenvalue weighted by atomic mass is 10.1. The summed E-state index contributed by atoms with van der Waals surface area (Å²) >= 11 is 1.36. The Bertz CT molecular complexity index is 1230. The first-order valence-electron chi connectivity index (χ1n) is 9.29. The van der Waals surface area contributed by atoms with E-state index in [4.69, 9.17) is 4.74 Å². The Hall–Kier alpha value is -3.06. The summed E-state index contributed by atoms with van der Waals surface area (Å²) in [4.78, 5) is 12.5. The average Bonchev–Trinajstić information content (AvgIpc) is 3.12. The molecule has 29 heavy (non-hydrogen) atoms. The molecule has 0 unspecified atom stereocenters. The van der Waals surface area contributed by atoms with E-state index < -0.39 is 0 Å². The number of ether oxygens (including phenoxy) is 1. The number of nitrogens with one attached hydrogen (secondary N) is 1. The van der Waals surface area contributed by atoms with E-state index in [-0.39, 0.29) is 11.7 Å². The van der Waals surface area contributed by atoms with E-state index in [1.165, 1.54) is 11.8 Å². The number of amides is 1. The number of hydrogen-bond acceptors (Lipinski definition) is 5. The number of aryl methyl sites for hydroxylation is 2. The van der Waals surface area contributed by atoms with Crippen LogP contribution in [0.15, 0.2) is 47.6 Å². The molecule has 0 aliphatic heterocycles. The third kappa shape index (κ3) is 3.65. The number of methoxy groups -OCH3 is 1. The van der Waals surface area contributed by atoms with Gasteiger partial charge in [0.15, 0.2) is 10.8 Å². The highest BCUT2D eigenvalue weighted by Crippen LogP contribution is 2.28. The zero-order valence-corrected chi connectivity index (χ0v) is 17.6. The van der Waals surface area contributed by atoms with Gasteiger partial charge >= 0.3 is 0 Å². The first-order chi connectivity index (χ1) is 14.0. The fourth-order valence-electron chi connectivity index (χ4n) is 3.33. The lowest BCUT2D eigenvalue weighted by Crippen LogP contribution is -2.15. The van der Waals surface area contributed by atoms with Crippen LogP contribution >= 0.6 is 11.8 Å². The molecule has 148 valence electrons. The van der Waals surface area contributed by atoms with Gasteiger partial charge in [-0.25, -0.2) is 0 Å². The summed E-state index contributed by atoms with van der Waals surface area (Å²) in [6.45, 7) is 6.09. The van der Waals surface area contributed by atoms with E-state index in [2.05, 4.69) is 15.5 Å². The number of hydrogen-bond donors (Lipinski definition) is 1. The van der Waals surface area contributed by atoms with Gasteiger partial charge in [0.1, 0.15) is 5.75 Å². The normalized spacial score (nSPS) is 11.2. The number of pyridine rings is 1. The zero-order valence-electron chi connectivity index (χ0n) is 16.8. The van der Waals surface area contributed by atoms with E-state index >= 15 is 0 Å². The molecule has 2 aromatic heterocycles. The van der Waals surface area contributed by atoms with Gasteiger partial charge in [-0.2, -0.15) is 0 Å². The van der Waals surface area contributed by atoms with Crippen LogP contribution in [0.5, 0.6) is 5.75 Å².